The molecule has 1 aromatic rings. The van der Waals surface area contributed by atoms with Gasteiger partial charge in [-0.1, -0.05) is 19.1 Å². The van der Waals surface area contributed by atoms with Crippen molar-refractivity contribution < 1.29 is 13.2 Å². The normalized spacial score (nSPS) is 18.8. The number of rotatable bonds is 6. The molecule has 1 aliphatic heterocycles. The number of hydrogen-bond donors (Lipinski definition) is 2. The van der Waals surface area contributed by atoms with Crippen LogP contribution in [0.4, 0.5) is 0 Å². The Labute approximate surface area is 145 Å². The number of carbonyl (C=O) groups excluding carboxylic acids is 1. The molecule has 0 radical (unpaired) electrons. The van der Waals surface area contributed by atoms with Gasteiger partial charge in [0.15, 0.2) is 9.84 Å². The minimum atomic E-state index is -3.19. The van der Waals surface area contributed by atoms with Gasteiger partial charge in [-0.25, -0.2) is 8.42 Å². The molecule has 2 atom stereocenters. The number of amides is 1. The lowest BCUT2D eigenvalue weighted by Gasteiger charge is -2.28. The van der Waals surface area contributed by atoms with Crippen molar-refractivity contribution in [1.29, 1.82) is 0 Å². The van der Waals surface area contributed by atoms with Crippen molar-refractivity contribution in [1.82, 2.24) is 10.6 Å². The molecule has 2 N–H and O–H groups in total. The van der Waals surface area contributed by atoms with Crippen LogP contribution in [0.15, 0.2) is 29.2 Å². The van der Waals surface area contributed by atoms with Crippen LogP contribution in [0.2, 0.25) is 0 Å². The molecular weight excluding hydrogens is 324 g/mol. The number of sulfone groups is 1. The Morgan fingerprint density at radius 3 is 2.33 bits per heavy atom. The molecular formula is C18H28N2O3S. The van der Waals surface area contributed by atoms with Gasteiger partial charge in [0.1, 0.15) is 0 Å². The van der Waals surface area contributed by atoms with E-state index in [1.807, 2.05) is 6.92 Å². The molecule has 1 heterocycles. The van der Waals surface area contributed by atoms with Crippen LogP contribution >= 0.6 is 0 Å². The van der Waals surface area contributed by atoms with Crippen LogP contribution in [0, 0.1) is 11.8 Å². The van der Waals surface area contributed by atoms with E-state index < -0.39 is 9.84 Å². The Morgan fingerprint density at radius 2 is 1.79 bits per heavy atom. The standard InChI is InChI=1S/C18H28N2O3S/c1-13(15-8-10-19-11-9-15)12-18(21)20-14(2)16-4-6-17(7-5-16)24(3,22)23/h4-7,13-15,19H,8-12H2,1-3H3,(H,20,21). The molecule has 134 valence electrons. The van der Waals surface area contributed by atoms with Gasteiger partial charge in [0, 0.05) is 12.7 Å². The van der Waals surface area contributed by atoms with Crippen molar-refractivity contribution in [3.05, 3.63) is 29.8 Å². The average molecular weight is 352 g/mol. The van der Waals surface area contributed by atoms with E-state index >= 15 is 0 Å². The second kappa shape index (κ2) is 8.12. The smallest absolute Gasteiger partial charge is 0.220 e. The summed E-state index contributed by atoms with van der Waals surface area (Å²) < 4.78 is 23.0. The zero-order chi connectivity index (χ0) is 17.7. The van der Waals surface area contributed by atoms with E-state index in [-0.39, 0.29) is 11.9 Å². The second-order valence-electron chi connectivity index (χ2n) is 6.90. The predicted octanol–water partition coefficient (Wildman–Crippen LogP) is 2.29. The van der Waals surface area contributed by atoms with Crippen LogP contribution in [0.3, 0.4) is 0 Å². The molecule has 0 aromatic heterocycles. The number of benzene rings is 1. The molecule has 2 rings (SSSR count). The van der Waals surface area contributed by atoms with Gasteiger partial charge in [0.25, 0.3) is 0 Å². The molecule has 0 bridgehead atoms. The zero-order valence-electron chi connectivity index (χ0n) is 14.7. The van der Waals surface area contributed by atoms with E-state index in [1.54, 1.807) is 24.3 Å². The summed E-state index contributed by atoms with van der Waals surface area (Å²) in [5.74, 6) is 1.05. The van der Waals surface area contributed by atoms with Crippen molar-refractivity contribution in [2.75, 3.05) is 19.3 Å². The molecule has 24 heavy (non-hydrogen) atoms. The van der Waals surface area contributed by atoms with Gasteiger partial charge in [0.05, 0.1) is 10.9 Å². The van der Waals surface area contributed by atoms with Crippen LogP contribution in [-0.4, -0.2) is 33.7 Å². The van der Waals surface area contributed by atoms with Gasteiger partial charge < -0.3 is 10.6 Å². The van der Waals surface area contributed by atoms with Gasteiger partial charge in [-0.15, -0.1) is 0 Å². The van der Waals surface area contributed by atoms with Crippen LogP contribution in [0.25, 0.3) is 0 Å². The first-order valence-electron chi connectivity index (χ1n) is 8.57. The summed E-state index contributed by atoms with van der Waals surface area (Å²) in [6.07, 6.45) is 4.00. The van der Waals surface area contributed by atoms with E-state index in [0.29, 0.717) is 23.2 Å². The van der Waals surface area contributed by atoms with E-state index in [1.165, 1.54) is 6.26 Å². The van der Waals surface area contributed by atoms with Crippen LogP contribution in [0.1, 0.15) is 44.7 Å². The molecule has 0 aliphatic carbocycles. The Bertz CT molecular complexity index is 649. The first-order chi connectivity index (χ1) is 11.3. The fourth-order valence-electron chi connectivity index (χ4n) is 3.26. The van der Waals surface area contributed by atoms with E-state index in [2.05, 4.69) is 17.6 Å². The Hall–Kier alpha value is -1.40. The first kappa shape index (κ1) is 18.9. The van der Waals surface area contributed by atoms with Crippen LogP contribution in [0.5, 0.6) is 0 Å². The van der Waals surface area contributed by atoms with Crippen molar-refractivity contribution in [3.8, 4) is 0 Å². The largest absolute Gasteiger partial charge is 0.350 e. The highest BCUT2D eigenvalue weighted by Crippen LogP contribution is 2.24. The van der Waals surface area contributed by atoms with Crippen molar-refractivity contribution in [3.63, 3.8) is 0 Å². The molecule has 1 saturated heterocycles. The van der Waals surface area contributed by atoms with E-state index in [9.17, 15) is 13.2 Å². The van der Waals surface area contributed by atoms with Crippen molar-refractivity contribution in [2.45, 2.75) is 44.0 Å². The maximum atomic E-state index is 12.3. The van der Waals surface area contributed by atoms with Crippen LogP contribution < -0.4 is 10.6 Å². The molecule has 2 unspecified atom stereocenters. The summed E-state index contributed by atoms with van der Waals surface area (Å²) in [6, 6.07) is 6.57. The molecule has 1 fully saturated rings. The van der Waals surface area contributed by atoms with E-state index in [4.69, 9.17) is 0 Å². The highest BCUT2D eigenvalue weighted by molar-refractivity contribution is 7.90. The predicted molar refractivity (Wildman–Crippen MR) is 95.5 cm³/mol. The van der Waals surface area contributed by atoms with Crippen LogP contribution in [-0.2, 0) is 14.6 Å². The third-order valence-electron chi connectivity index (χ3n) is 4.88. The Kier molecular flexibility index (Phi) is 6.40. The minimum Gasteiger partial charge on any atom is -0.350 e. The SMILES string of the molecule is CC(NC(=O)CC(C)C1CCNCC1)c1ccc(S(C)(=O)=O)cc1. The van der Waals surface area contributed by atoms with Gasteiger partial charge in [-0.2, -0.15) is 0 Å². The van der Waals surface area contributed by atoms with Crippen molar-refractivity contribution >= 4 is 15.7 Å². The van der Waals surface area contributed by atoms with Gasteiger partial charge >= 0.3 is 0 Å². The highest BCUT2D eigenvalue weighted by Gasteiger charge is 2.22. The lowest BCUT2D eigenvalue weighted by atomic mass is 9.84. The number of nitrogens with one attached hydrogen (secondary N) is 2. The Balaban J connectivity index is 1.88. The fraction of sp³-hybridized carbons (Fsp3) is 0.611. The lowest BCUT2D eigenvalue weighted by molar-refractivity contribution is -0.123. The third kappa shape index (κ3) is 5.31. The number of hydrogen-bond acceptors (Lipinski definition) is 4. The van der Waals surface area contributed by atoms with E-state index in [0.717, 1.165) is 31.5 Å². The first-order valence-corrected chi connectivity index (χ1v) is 10.5. The monoisotopic (exact) mass is 352 g/mol. The quantitative estimate of drug-likeness (QED) is 0.824. The second-order valence-corrected chi connectivity index (χ2v) is 8.91. The topological polar surface area (TPSA) is 75.3 Å². The van der Waals surface area contributed by atoms with Crippen molar-refractivity contribution in [2.24, 2.45) is 11.8 Å². The summed E-state index contributed by atoms with van der Waals surface area (Å²) in [5.41, 5.74) is 0.908. The van der Waals surface area contributed by atoms with Gasteiger partial charge in [-0.05, 0) is 62.4 Å². The molecule has 1 aliphatic rings. The third-order valence-corrected chi connectivity index (χ3v) is 6.01. The summed E-state index contributed by atoms with van der Waals surface area (Å²) in [7, 11) is -3.19. The molecule has 1 aromatic carbocycles. The molecule has 1 amide bonds. The summed E-state index contributed by atoms with van der Waals surface area (Å²) in [4.78, 5) is 12.6. The highest BCUT2D eigenvalue weighted by atomic mass is 32.2. The minimum absolute atomic E-state index is 0.0562. The maximum Gasteiger partial charge on any atom is 0.220 e. The average Bonchev–Trinajstić information content (AvgIpc) is 2.54. The maximum absolute atomic E-state index is 12.3. The Morgan fingerprint density at radius 1 is 1.21 bits per heavy atom. The summed E-state index contributed by atoms with van der Waals surface area (Å²) >= 11 is 0. The summed E-state index contributed by atoms with van der Waals surface area (Å²) in [6.45, 7) is 6.16. The summed E-state index contributed by atoms with van der Waals surface area (Å²) in [5, 5.41) is 6.37. The van der Waals surface area contributed by atoms with Gasteiger partial charge in [0.2, 0.25) is 5.91 Å². The molecule has 0 spiro atoms. The molecule has 0 saturated carbocycles. The van der Waals surface area contributed by atoms with Gasteiger partial charge in [-0.3, -0.25) is 4.79 Å². The molecule has 6 heteroatoms. The number of carbonyl (C=O) groups is 1. The zero-order valence-corrected chi connectivity index (χ0v) is 15.5. The number of piperidine rings is 1. The lowest BCUT2D eigenvalue weighted by Crippen LogP contribution is -2.34. The molecule has 5 nitrogen and oxygen atoms in total. The fourth-order valence-corrected chi connectivity index (χ4v) is 3.89.